The van der Waals surface area contributed by atoms with Crippen molar-refractivity contribution < 1.29 is 9.13 Å². The third kappa shape index (κ3) is 2.60. The second-order valence-corrected chi connectivity index (χ2v) is 4.31. The summed E-state index contributed by atoms with van der Waals surface area (Å²) in [7, 11) is 1.93. The van der Waals surface area contributed by atoms with E-state index >= 15 is 0 Å². The molecule has 88 valence electrons. The topological polar surface area (TPSA) is 21.3 Å². The van der Waals surface area contributed by atoms with Crippen LogP contribution in [0.4, 0.5) is 4.39 Å². The molecule has 1 heterocycles. The molecule has 16 heavy (non-hydrogen) atoms. The largest absolute Gasteiger partial charge is 0.381 e. The van der Waals surface area contributed by atoms with E-state index in [1.807, 2.05) is 19.2 Å². The van der Waals surface area contributed by atoms with Gasteiger partial charge in [-0.2, -0.15) is 0 Å². The highest BCUT2D eigenvalue weighted by Gasteiger charge is 2.25. The van der Waals surface area contributed by atoms with Gasteiger partial charge in [-0.3, -0.25) is 0 Å². The molecule has 1 aliphatic rings. The lowest BCUT2D eigenvalue weighted by Gasteiger charge is -2.22. The lowest BCUT2D eigenvalue weighted by atomic mass is 9.93. The SMILES string of the molecule is CNC(Cc1ccccc1F)C1CCOC1. The van der Waals surface area contributed by atoms with Crippen molar-refractivity contribution in [3.8, 4) is 0 Å². The molecular formula is C13H18FNO. The maximum Gasteiger partial charge on any atom is 0.126 e. The van der Waals surface area contributed by atoms with E-state index in [1.54, 1.807) is 6.07 Å². The molecule has 2 rings (SSSR count). The molecule has 0 aliphatic carbocycles. The molecule has 0 bridgehead atoms. The fourth-order valence-electron chi connectivity index (χ4n) is 2.28. The van der Waals surface area contributed by atoms with Crippen LogP contribution in [0.25, 0.3) is 0 Å². The van der Waals surface area contributed by atoms with E-state index in [2.05, 4.69) is 5.32 Å². The minimum absolute atomic E-state index is 0.110. The Hall–Kier alpha value is -0.930. The van der Waals surface area contributed by atoms with Gasteiger partial charge in [0, 0.05) is 18.6 Å². The summed E-state index contributed by atoms with van der Waals surface area (Å²) in [5.74, 6) is 0.395. The van der Waals surface area contributed by atoms with Gasteiger partial charge in [-0.25, -0.2) is 4.39 Å². The van der Waals surface area contributed by atoms with Crippen molar-refractivity contribution in [2.75, 3.05) is 20.3 Å². The zero-order chi connectivity index (χ0) is 11.4. The molecule has 0 aromatic heterocycles. The molecule has 1 aromatic rings. The van der Waals surface area contributed by atoms with E-state index in [-0.39, 0.29) is 5.82 Å². The second-order valence-electron chi connectivity index (χ2n) is 4.31. The number of rotatable bonds is 4. The highest BCUT2D eigenvalue weighted by atomic mass is 19.1. The van der Waals surface area contributed by atoms with Crippen molar-refractivity contribution in [1.29, 1.82) is 0 Å². The number of nitrogens with one attached hydrogen (secondary N) is 1. The minimum Gasteiger partial charge on any atom is -0.381 e. The van der Waals surface area contributed by atoms with Gasteiger partial charge >= 0.3 is 0 Å². The number of halogens is 1. The van der Waals surface area contributed by atoms with Crippen LogP contribution < -0.4 is 5.32 Å². The summed E-state index contributed by atoms with van der Waals surface area (Å²) < 4.78 is 18.9. The Morgan fingerprint density at radius 2 is 2.31 bits per heavy atom. The lowest BCUT2D eigenvalue weighted by Crippen LogP contribution is -2.36. The molecule has 2 atom stereocenters. The van der Waals surface area contributed by atoms with Gasteiger partial charge in [0.2, 0.25) is 0 Å². The summed E-state index contributed by atoms with van der Waals surface area (Å²) in [5.41, 5.74) is 0.786. The Balaban J connectivity index is 2.03. The normalized spacial score (nSPS) is 22.2. The molecule has 1 N–H and O–H groups in total. The maximum atomic E-state index is 13.5. The molecule has 2 unspecified atom stereocenters. The molecule has 1 aliphatic heterocycles. The zero-order valence-corrected chi connectivity index (χ0v) is 9.58. The average molecular weight is 223 g/mol. The van der Waals surface area contributed by atoms with E-state index in [9.17, 15) is 4.39 Å². The van der Waals surface area contributed by atoms with E-state index in [0.29, 0.717) is 12.0 Å². The van der Waals surface area contributed by atoms with Gasteiger partial charge in [-0.1, -0.05) is 18.2 Å². The van der Waals surface area contributed by atoms with E-state index < -0.39 is 0 Å². The van der Waals surface area contributed by atoms with Crippen LogP contribution in [0.2, 0.25) is 0 Å². The van der Waals surface area contributed by atoms with Gasteiger partial charge in [0.1, 0.15) is 5.82 Å². The standard InChI is InChI=1S/C13H18FNO/c1-15-13(11-6-7-16-9-11)8-10-4-2-3-5-12(10)14/h2-5,11,13,15H,6-9H2,1H3. The molecule has 2 nitrogen and oxygen atoms in total. The number of hydrogen-bond donors (Lipinski definition) is 1. The molecule has 1 fully saturated rings. The van der Waals surface area contributed by atoms with Crippen molar-refractivity contribution in [2.45, 2.75) is 18.9 Å². The van der Waals surface area contributed by atoms with E-state index in [1.165, 1.54) is 6.07 Å². The summed E-state index contributed by atoms with van der Waals surface area (Å²) >= 11 is 0. The van der Waals surface area contributed by atoms with Crippen LogP contribution in [0, 0.1) is 11.7 Å². The smallest absolute Gasteiger partial charge is 0.126 e. The zero-order valence-electron chi connectivity index (χ0n) is 9.58. The summed E-state index contributed by atoms with van der Waals surface area (Å²) in [6, 6.07) is 7.30. The van der Waals surface area contributed by atoms with Crippen LogP contribution in [-0.4, -0.2) is 26.3 Å². The van der Waals surface area contributed by atoms with Crippen molar-refractivity contribution in [3.63, 3.8) is 0 Å². The highest BCUT2D eigenvalue weighted by molar-refractivity contribution is 5.18. The fraction of sp³-hybridized carbons (Fsp3) is 0.538. The van der Waals surface area contributed by atoms with Crippen molar-refractivity contribution in [2.24, 2.45) is 5.92 Å². The molecule has 0 amide bonds. The van der Waals surface area contributed by atoms with Gasteiger partial charge in [0.25, 0.3) is 0 Å². The lowest BCUT2D eigenvalue weighted by molar-refractivity contribution is 0.177. The summed E-state index contributed by atoms with van der Waals surface area (Å²) in [6.45, 7) is 1.63. The van der Waals surface area contributed by atoms with E-state index in [4.69, 9.17) is 4.74 Å². The van der Waals surface area contributed by atoms with Crippen LogP contribution >= 0.6 is 0 Å². The summed E-state index contributed by atoms with van der Waals surface area (Å²) in [4.78, 5) is 0. The molecule has 1 aromatic carbocycles. The number of hydrogen-bond acceptors (Lipinski definition) is 2. The van der Waals surface area contributed by atoms with Crippen LogP contribution in [0.1, 0.15) is 12.0 Å². The van der Waals surface area contributed by atoms with Crippen LogP contribution in [-0.2, 0) is 11.2 Å². The van der Waals surface area contributed by atoms with Gasteiger partial charge in [-0.05, 0) is 31.5 Å². The minimum atomic E-state index is -0.110. The van der Waals surface area contributed by atoms with Gasteiger partial charge in [0.05, 0.1) is 6.61 Å². The van der Waals surface area contributed by atoms with Crippen molar-refractivity contribution in [1.82, 2.24) is 5.32 Å². The first kappa shape index (κ1) is 11.6. The third-order valence-corrected chi connectivity index (χ3v) is 3.30. The molecule has 0 radical (unpaired) electrons. The first-order chi connectivity index (χ1) is 7.81. The van der Waals surface area contributed by atoms with E-state index in [0.717, 1.165) is 31.6 Å². The van der Waals surface area contributed by atoms with Gasteiger partial charge < -0.3 is 10.1 Å². The van der Waals surface area contributed by atoms with Gasteiger partial charge in [0.15, 0.2) is 0 Å². The van der Waals surface area contributed by atoms with Crippen LogP contribution in [0.3, 0.4) is 0 Å². The Morgan fingerprint density at radius 1 is 1.50 bits per heavy atom. The molecule has 1 saturated heterocycles. The van der Waals surface area contributed by atoms with Crippen LogP contribution in [0.5, 0.6) is 0 Å². The molecule has 0 saturated carbocycles. The Labute approximate surface area is 95.8 Å². The number of likely N-dealkylation sites (N-methyl/N-ethyl adjacent to an activating group) is 1. The molecule has 3 heteroatoms. The number of ether oxygens (including phenoxy) is 1. The second kappa shape index (κ2) is 5.41. The predicted octanol–water partition coefficient (Wildman–Crippen LogP) is 1.99. The first-order valence-electron chi connectivity index (χ1n) is 5.79. The first-order valence-corrected chi connectivity index (χ1v) is 5.79. The molecule has 0 spiro atoms. The summed E-state index contributed by atoms with van der Waals surface area (Å²) in [6.07, 6.45) is 1.80. The fourth-order valence-corrected chi connectivity index (χ4v) is 2.28. The molecular weight excluding hydrogens is 205 g/mol. The Morgan fingerprint density at radius 3 is 2.94 bits per heavy atom. The third-order valence-electron chi connectivity index (χ3n) is 3.30. The Kier molecular flexibility index (Phi) is 3.91. The number of benzene rings is 1. The van der Waals surface area contributed by atoms with Crippen molar-refractivity contribution in [3.05, 3.63) is 35.6 Å². The van der Waals surface area contributed by atoms with Crippen molar-refractivity contribution >= 4 is 0 Å². The summed E-state index contributed by atoms with van der Waals surface area (Å²) in [5, 5.41) is 3.27. The quantitative estimate of drug-likeness (QED) is 0.843. The maximum absolute atomic E-state index is 13.5. The average Bonchev–Trinajstić information content (AvgIpc) is 2.81. The van der Waals surface area contributed by atoms with Gasteiger partial charge in [-0.15, -0.1) is 0 Å². The monoisotopic (exact) mass is 223 g/mol. The highest BCUT2D eigenvalue weighted by Crippen LogP contribution is 2.20. The predicted molar refractivity (Wildman–Crippen MR) is 61.9 cm³/mol. The Bertz CT molecular complexity index is 336. The van der Waals surface area contributed by atoms with Crippen LogP contribution in [0.15, 0.2) is 24.3 Å².